The van der Waals surface area contributed by atoms with E-state index in [1.807, 2.05) is 0 Å². The second-order valence-corrected chi connectivity index (χ2v) is 20.8. The van der Waals surface area contributed by atoms with E-state index in [0.29, 0.717) is 5.69 Å². The number of aromatic nitrogens is 2. The van der Waals surface area contributed by atoms with Crippen molar-refractivity contribution in [3.05, 3.63) is 18.2 Å². The van der Waals surface area contributed by atoms with Gasteiger partial charge in [0.2, 0.25) is 70.9 Å². The Morgan fingerprint density at radius 2 is 0.968 bits per heavy atom. The number of aliphatic hydroxyl groups excluding tert-OH is 1. The summed E-state index contributed by atoms with van der Waals surface area (Å²) < 4.78 is 31.7. The molecule has 0 bridgehead atoms. The van der Waals surface area contributed by atoms with Gasteiger partial charge in [0.15, 0.2) is 17.9 Å². The highest BCUT2D eigenvalue weighted by Gasteiger charge is 2.39. The lowest BCUT2D eigenvalue weighted by Gasteiger charge is -2.28. The monoisotopic (exact) mass is 1360 g/mol. The molecule has 12 amide bonds. The van der Waals surface area contributed by atoms with Gasteiger partial charge in [0.1, 0.15) is 54.4 Å². The van der Waals surface area contributed by atoms with Crippen molar-refractivity contribution >= 4 is 101 Å². The van der Waals surface area contributed by atoms with Gasteiger partial charge < -0.3 is 125 Å². The number of H-pyrrole nitrogens is 1. The average molecular weight is 1370 g/mol. The zero-order valence-electron chi connectivity index (χ0n) is 52.3. The molecule has 32 N–H and O–H groups in total. The summed E-state index contributed by atoms with van der Waals surface area (Å²) in [6.45, 7) is 4.17. The van der Waals surface area contributed by atoms with Gasteiger partial charge >= 0.3 is 18.1 Å². The number of carbonyl (C=O) groups excluding carboxylic acids is 12. The van der Waals surface area contributed by atoms with Crippen molar-refractivity contribution < 1.29 is 95.6 Å². The third-order valence-electron chi connectivity index (χ3n) is 12.9. The number of nitrogens with one attached hydrogen (secondary N) is 11. The van der Waals surface area contributed by atoms with Crippen molar-refractivity contribution in [2.24, 2.45) is 72.5 Å². The van der Waals surface area contributed by atoms with Crippen LogP contribution in [0.4, 0.5) is 13.2 Å². The van der Waals surface area contributed by atoms with Crippen molar-refractivity contribution in [3.8, 4) is 0 Å². The van der Waals surface area contributed by atoms with Crippen LogP contribution in [-0.4, -0.2) is 225 Å². The molecule has 0 radical (unpaired) electrons. The van der Waals surface area contributed by atoms with Gasteiger partial charge in [0, 0.05) is 37.9 Å². The fourth-order valence-corrected chi connectivity index (χ4v) is 7.82. The highest BCUT2D eigenvalue weighted by Crippen LogP contribution is 2.14. The quantitative estimate of drug-likeness (QED) is 0.0164. The van der Waals surface area contributed by atoms with E-state index < -0.39 is 181 Å². The van der Waals surface area contributed by atoms with Crippen molar-refractivity contribution in [2.45, 2.75) is 159 Å². The third kappa shape index (κ3) is 35.6. The number of hydrogen-bond donors (Lipinski definition) is 23. The maximum absolute atomic E-state index is 14.2. The molecule has 0 unspecified atom stereocenters. The number of aromatic amines is 1. The van der Waals surface area contributed by atoms with Crippen LogP contribution in [0.3, 0.4) is 0 Å². The van der Waals surface area contributed by atoms with Crippen LogP contribution in [0.2, 0.25) is 0 Å². The third-order valence-corrected chi connectivity index (χ3v) is 12.9. The van der Waals surface area contributed by atoms with Crippen LogP contribution in [0.15, 0.2) is 27.5 Å². The highest BCUT2D eigenvalue weighted by molar-refractivity contribution is 6.00. The van der Waals surface area contributed by atoms with Crippen molar-refractivity contribution in [3.63, 3.8) is 0 Å². The molecular formula is C51H87F3N24O17. The van der Waals surface area contributed by atoms with Crippen LogP contribution in [0.1, 0.15) is 91.2 Å². The molecule has 0 saturated carbocycles. The number of carbonyl (C=O) groups is 14. The minimum absolute atomic E-state index is 0.00901. The number of imidazole rings is 1. The zero-order valence-corrected chi connectivity index (χ0v) is 52.3. The molecule has 0 fully saturated rings. The molecular weight excluding hydrogens is 1280 g/mol. The molecule has 0 aromatic carbocycles. The van der Waals surface area contributed by atoms with Crippen molar-refractivity contribution in [1.29, 1.82) is 0 Å². The lowest BCUT2D eigenvalue weighted by Crippen LogP contribution is -2.61. The van der Waals surface area contributed by atoms with Crippen LogP contribution < -0.4 is 105 Å². The zero-order chi connectivity index (χ0) is 72.9. The topological polar surface area (TPSA) is 720 Å². The molecule has 1 heterocycles. The number of aliphatic imine (C=N–C) groups is 3. The number of guanidine groups is 3. The van der Waals surface area contributed by atoms with Gasteiger partial charge in [-0.25, -0.2) is 9.78 Å². The van der Waals surface area contributed by atoms with E-state index >= 15 is 0 Å². The first-order valence-electron chi connectivity index (χ1n) is 28.8. The van der Waals surface area contributed by atoms with Gasteiger partial charge in [-0.1, -0.05) is 20.3 Å². The lowest BCUT2D eigenvalue weighted by molar-refractivity contribution is -0.192. The van der Waals surface area contributed by atoms with Gasteiger partial charge in [0.25, 0.3) is 0 Å². The van der Waals surface area contributed by atoms with E-state index in [0.717, 1.165) is 6.92 Å². The Kier molecular flexibility index (Phi) is 38.3. The maximum Gasteiger partial charge on any atom is 0.490 e. The Balaban J connectivity index is 0.0000119. The summed E-state index contributed by atoms with van der Waals surface area (Å²) in [7, 11) is 0. The molecule has 95 heavy (non-hydrogen) atoms. The standard InChI is InChI=1S/C49H86N24O15.C2HF3O2/c1-5-22(2)36(46(88)71-30(15-25-19-59-21-64-25)44(86)69-29(38(52)80)17-35(78)79)72-39(81)23(3)65-43(85)31(16-32(51)75)70-41(83)28(11-8-14-62-49(57)58)68-40(82)26(9-6-12-60-47(53)54)67-34(77)20-63-45(87)37(24(4)74)73-42(84)27(66-33(76)18-50)10-7-13-61-48(55)56;3-2(4,5)1(6)7/h19,21-24,26-31,36-37,74H,5-18,20,50H2,1-4H3,(H2,51,75)(H2,52,80)(H,59,64)(H,63,87)(H,65,85)(H,66,76)(H,67,77)(H,68,82)(H,69,86)(H,70,83)(H,71,88)(H,72,81)(H,73,84)(H,78,79)(H4,53,54,60)(H4,55,56,61)(H4,57,58,62);(H,6,7)/t22-,23-,24+,26-,27-,28-,29-,30+,31-,36-,37-;/m0./s1. The number of hydrogen-bond acceptors (Lipinski definition) is 20. The van der Waals surface area contributed by atoms with Crippen LogP contribution in [-0.2, 0) is 73.5 Å². The maximum atomic E-state index is 14.2. The summed E-state index contributed by atoms with van der Waals surface area (Å²) in [5.74, 6) is -17.9. The molecule has 0 aliphatic carbocycles. The molecule has 1 aromatic rings. The number of alkyl halides is 3. The van der Waals surface area contributed by atoms with E-state index in [9.17, 15) is 85.7 Å². The molecule has 534 valence electrons. The molecule has 0 saturated heterocycles. The largest absolute Gasteiger partial charge is 0.490 e. The van der Waals surface area contributed by atoms with E-state index in [2.05, 4.69) is 78.1 Å². The smallest absolute Gasteiger partial charge is 0.481 e. The van der Waals surface area contributed by atoms with Crippen molar-refractivity contribution in [2.75, 3.05) is 32.7 Å². The Bertz CT molecular complexity index is 2870. The summed E-state index contributed by atoms with van der Waals surface area (Å²) in [4.78, 5) is 198. The number of carboxylic acids is 2. The number of aliphatic carboxylic acids is 2. The molecule has 0 spiro atoms. The number of nitrogens with two attached hydrogens (primary N) is 9. The van der Waals surface area contributed by atoms with Crippen molar-refractivity contribution in [1.82, 2.24) is 63.1 Å². The molecule has 1 aromatic heterocycles. The molecule has 11 atom stereocenters. The number of aliphatic hydroxyl groups is 1. The van der Waals surface area contributed by atoms with Gasteiger partial charge in [0.05, 0.1) is 38.4 Å². The minimum Gasteiger partial charge on any atom is -0.481 e. The first kappa shape index (κ1) is 84.3. The second kappa shape index (κ2) is 43.2. The molecule has 41 nitrogen and oxygen atoms in total. The second-order valence-electron chi connectivity index (χ2n) is 20.8. The van der Waals surface area contributed by atoms with Crippen LogP contribution in [0.25, 0.3) is 0 Å². The number of nitrogens with zero attached hydrogens (tertiary/aromatic N) is 4. The number of carboxylic acid groups (broad SMARTS) is 2. The summed E-state index contributed by atoms with van der Waals surface area (Å²) in [5, 5.41) is 50.6. The average Bonchev–Trinajstić information content (AvgIpc) is 1.53. The van der Waals surface area contributed by atoms with E-state index in [1.165, 1.54) is 19.4 Å². The van der Waals surface area contributed by atoms with Gasteiger partial charge in [-0.3, -0.25) is 77.3 Å². The first-order chi connectivity index (χ1) is 44.2. The fraction of sp³-hybridized carbons (Fsp3) is 0.608. The molecule has 1 rings (SSSR count). The normalized spacial score (nSPS) is 14.3. The van der Waals surface area contributed by atoms with Gasteiger partial charge in [-0.2, -0.15) is 13.2 Å². The number of rotatable bonds is 42. The summed E-state index contributed by atoms with van der Waals surface area (Å²) in [6.07, 6.45) is -6.09. The summed E-state index contributed by atoms with van der Waals surface area (Å²) in [5.41, 5.74) is 49.1. The molecule has 0 aliphatic rings. The Morgan fingerprint density at radius 1 is 0.547 bits per heavy atom. The predicted octanol–water partition coefficient (Wildman–Crippen LogP) is -10.5. The SMILES string of the molecule is CC[C@H](C)[C@H](NC(=O)[C@H](C)NC(=O)[C@H](CC(N)=O)NC(=O)[C@H](CCCN=C(N)N)NC(=O)[C@H](CCCN=C(N)N)NC(=O)CNC(=O)[C@@H](NC(=O)[C@H](CCCN=C(N)N)NC(=O)CN)[C@@H](C)O)C(=O)N[C@H](Cc1cnc[nH]1)C(=O)N[C@@H](CC(=O)O)C(N)=O.O=C(O)C(F)(F)F. The van der Waals surface area contributed by atoms with Gasteiger partial charge in [-0.15, -0.1) is 0 Å². The number of halogens is 3. The fourth-order valence-electron chi connectivity index (χ4n) is 7.82. The molecule has 0 aliphatic heterocycles. The highest BCUT2D eigenvalue weighted by atomic mass is 19.4. The van der Waals surface area contributed by atoms with E-state index in [1.54, 1.807) is 13.8 Å². The van der Waals surface area contributed by atoms with Gasteiger partial charge in [-0.05, 0) is 58.3 Å². The Labute approximate surface area is 540 Å². The number of primary amides is 2. The summed E-state index contributed by atoms with van der Waals surface area (Å²) in [6, 6.07) is -14.0. The van der Waals surface area contributed by atoms with Crippen LogP contribution >= 0.6 is 0 Å². The first-order valence-corrected chi connectivity index (χ1v) is 28.8. The Hall–Kier alpha value is -10.7. The number of amides is 12. The van der Waals surface area contributed by atoms with Crippen LogP contribution in [0, 0.1) is 5.92 Å². The summed E-state index contributed by atoms with van der Waals surface area (Å²) >= 11 is 0. The lowest BCUT2D eigenvalue weighted by atomic mass is 9.97. The van der Waals surface area contributed by atoms with Crippen LogP contribution in [0.5, 0.6) is 0 Å². The Morgan fingerprint density at radius 3 is 1.38 bits per heavy atom. The van der Waals surface area contributed by atoms with E-state index in [-0.39, 0.29) is 88.9 Å². The molecule has 44 heteroatoms. The predicted molar refractivity (Wildman–Crippen MR) is 327 cm³/mol. The van der Waals surface area contributed by atoms with E-state index in [4.69, 9.17) is 61.5 Å². The minimum atomic E-state index is -5.08.